The van der Waals surface area contributed by atoms with E-state index < -0.39 is 0 Å². The molecule has 1 atom stereocenters. The standard InChI is InChI=1S/C19H28N2.2ClH/c1-2-10-21(11-3-1)12-9-20-19-8-7-17-13-15-5-4-6-16(15)14-18(17)19;;/h13-14,19-20H,1-12H2;2*1H. The van der Waals surface area contributed by atoms with Gasteiger partial charge < -0.3 is 10.2 Å². The Balaban J connectivity index is 0.000000960. The SMILES string of the molecule is Cl.Cl.c1c2c(cc3c1CCC3NCCN1CCCCC1)CCC2. The minimum atomic E-state index is 0. The highest BCUT2D eigenvalue weighted by Crippen LogP contribution is 2.35. The van der Waals surface area contributed by atoms with Crippen LogP contribution >= 0.6 is 24.8 Å². The van der Waals surface area contributed by atoms with Gasteiger partial charge in [-0.15, -0.1) is 24.8 Å². The molecule has 4 rings (SSSR count). The zero-order valence-electron chi connectivity index (χ0n) is 14.0. The van der Waals surface area contributed by atoms with Crippen LogP contribution in [0.1, 0.15) is 60.4 Å². The Bertz CT molecular complexity index is 512. The zero-order valence-corrected chi connectivity index (χ0v) is 15.6. The first kappa shape index (κ1) is 19.1. The number of aryl methyl sites for hydroxylation is 3. The molecule has 0 amide bonds. The lowest BCUT2D eigenvalue weighted by atomic mass is 10.0. The van der Waals surface area contributed by atoms with Gasteiger partial charge in [-0.2, -0.15) is 0 Å². The summed E-state index contributed by atoms with van der Waals surface area (Å²) in [5, 5.41) is 3.83. The smallest absolute Gasteiger partial charge is 0.0326 e. The third kappa shape index (κ3) is 4.22. The zero-order chi connectivity index (χ0) is 14.1. The number of fused-ring (bicyclic) bond motifs is 2. The van der Waals surface area contributed by atoms with Crippen LogP contribution in [-0.4, -0.2) is 31.1 Å². The van der Waals surface area contributed by atoms with Crippen molar-refractivity contribution in [1.29, 1.82) is 0 Å². The van der Waals surface area contributed by atoms with Crippen molar-refractivity contribution in [3.05, 3.63) is 34.4 Å². The molecule has 3 aliphatic rings. The first-order valence-corrected chi connectivity index (χ1v) is 9.00. The largest absolute Gasteiger partial charge is 0.309 e. The van der Waals surface area contributed by atoms with E-state index in [0.29, 0.717) is 6.04 Å². The Morgan fingerprint density at radius 1 is 0.870 bits per heavy atom. The van der Waals surface area contributed by atoms with Gasteiger partial charge in [-0.3, -0.25) is 0 Å². The second-order valence-corrected chi connectivity index (χ2v) is 7.12. The van der Waals surface area contributed by atoms with E-state index in [9.17, 15) is 0 Å². The fourth-order valence-corrected chi connectivity index (χ4v) is 4.48. The van der Waals surface area contributed by atoms with Gasteiger partial charge in [0.25, 0.3) is 0 Å². The van der Waals surface area contributed by atoms with Crippen molar-refractivity contribution in [3.8, 4) is 0 Å². The number of likely N-dealkylation sites (tertiary alicyclic amines) is 1. The molecule has 0 bridgehead atoms. The lowest BCUT2D eigenvalue weighted by molar-refractivity contribution is 0.226. The van der Waals surface area contributed by atoms with Crippen LogP contribution in [0, 0.1) is 0 Å². The van der Waals surface area contributed by atoms with E-state index in [1.54, 1.807) is 22.3 Å². The highest BCUT2D eigenvalue weighted by molar-refractivity contribution is 5.85. The predicted octanol–water partition coefficient (Wildman–Crippen LogP) is 4.08. The highest BCUT2D eigenvalue weighted by atomic mass is 35.5. The van der Waals surface area contributed by atoms with Gasteiger partial charge in [-0.05, 0) is 80.3 Å². The van der Waals surface area contributed by atoms with Gasteiger partial charge in [0, 0.05) is 19.1 Å². The molecule has 1 saturated heterocycles. The number of nitrogens with one attached hydrogen (secondary N) is 1. The maximum absolute atomic E-state index is 3.83. The summed E-state index contributed by atoms with van der Waals surface area (Å²) in [6, 6.07) is 5.67. The Morgan fingerprint density at radius 2 is 1.61 bits per heavy atom. The van der Waals surface area contributed by atoms with Crippen LogP contribution in [0.5, 0.6) is 0 Å². The molecule has 23 heavy (non-hydrogen) atoms. The summed E-state index contributed by atoms with van der Waals surface area (Å²) in [5.74, 6) is 0. The lowest BCUT2D eigenvalue weighted by Gasteiger charge is -2.27. The molecule has 1 aromatic rings. The summed E-state index contributed by atoms with van der Waals surface area (Å²) < 4.78 is 0. The summed E-state index contributed by atoms with van der Waals surface area (Å²) in [6.45, 7) is 5.02. The van der Waals surface area contributed by atoms with E-state index in [-0.39, 0.29) is 24.8 Å². The third-order valence-electron chi connectivity index (χ3n) is 5.70. The molecule has 0 saturated carbocycles. The quantitative estimate of drug-likeness (QED) is 0.874. The minimum absolute atomic E-state index is 0. The second kappa shape index (κ2) is 8.71. The molecule has 1 fully saturated rings. The van der Waals surface area contributed by atoms with E-state index in [0.717, 1.165) is 6.54 Å². The Morgan fingerprint density at radius 3 is 2.39 bits per heavy atom. The molecule has 0 radical (unpaired) electrons. The van der Waals surface area contributed by atoms with Crippen LogP contribution in [0.3, 0.4) is 0 Å². The molecule has 0 aromatic heterocycles. The monoisotopic (exact) mass is 356 g/mol. The number of rotatable bonds is 4. The maximum atomic E-state index is 3.83. The summed E-state index contributed by atoms with van der Waals surface area (Å²) >= 11 is 0. The van der Waals surface area contributed by atoms with E-state index >= 15 is 0 Å². The predicted molar refractivity (Wildman–Crippen MR) is 102 cm³/mol. The molecular formula is C19H30Cl2N2. The minimum Gasteiger partial charge on any atom is -0.309 e. The Labute approximate surface area is 153 Å². The first-order chi connectivity index (χ1) is 10.4. The van der Waals surface area contributed by atoms with Gasteiger partial charge in [-0.25, -0.2) is 0 Å². The fourth-order valence-electron chi connectivity index (χ4n) is 4.48. The molecule has 4 heteroatoms. The van der Waals surface area contributed by atoms with Gasteiger partial charge >= 0.3 is 0 Å². The van der Waals surface area contributed by atoms with Gasteiger partial charge in [0.15, 0.2) is 0 Å². The number of hydrogen-bond donors (Lipinski definition) is 1. The number of halogens is 2. The van der Waals surface area contributed by atoms with Crippen LogP contribution in [-0.2, 0) is 19.3 Å². The molecule has 2 aliphatic carbocycles. The topological polar surface area (TPSA) is 15.3 Å². The number of piperidine rings is 1. The van der Waals surface area contributed by atoms with Gasteiger partial charge in [0.05, 0.1) is 0 Å². The average molecular weight is 357 g/mol. The lowest BCUT2D eigenvalue weighted by Crippen LogP contribution is -2.36. The normalized spacial score (nSPS) is 22.9. The molecule has 1 aromatic carbocycles. The molecule has 1 heterocycles. The van der Waals surface area contributed by atoms with E-state index in [1.807, 2.05) is 0 Å². The van der Waals surface area contributed by atoms with E-state index in [2.05, 4.69) is 22.3 Å². The van der Waals surface area contributed by atoms with Crippen molar-refractivity contribution in [2.24, 2.45) is 0 Å². The molecule has 0 spiro atoms. The van der Waals surface area contributed by atoms with Crippen LogP contribution in [0.25, 0.3) is 0 Å². The van der Waals surface area contributed by atoms with Crippen LogP contribution < -0.4 is 5.32 Å². The summed E-state index contributed by atoms with van der Waals surface area (Å²) in [5.41, 5.74) is 6.53. The molecule has 1 N–H and O–H groups in total. The van der Waals surface area contributed by atoms with Crippen LogP contribution in [0.4, 0.5) is 0 Å². The van der Waals surface area contributed by atoms with E-state index in [4.69, 9.17) is 0 Å². The van der Waals surface area contributed by atoms with Gasteiger partial charge in [0.2, 0.25) is 0 Å². The second-order valence-electron chi connectivity index (χ2n) is 7.12. The average Bonchev–Trinajstić information content (AvgIpc) is 3.13. The summed E-state index contributed by atoms with van der Waals surface area (Å²) in [4.78, 5) is 2.63. The Kier molecular flexibility index (Phi) is 7.21. The third-order valence-corrected chi connectivity index (χ3v) is 5.70. The number of nitrogens with zero attached hydrogens (tertiary/aromatic N) is 1. The van der Waals surface area contributed by atoms with Crippen LogP contribution in [0.2, 0.25) is 0 Å². The van der Waals surface area contributed by atoms with E-state index in [1.165, 1.54) is 71.0 Å². The van der Waals surface area contributed by atoms with Crippen molar-refractivity contribution in [2.75, 3.05) is 26.2 Å². The number of benzene rings is 1. The summed E-state index contributed by atoms with van der Waals surface area (Å²) in [7, 11) is 0. The van der Waals surface area contributed by atoms with Gasteiger partial charge in [-0.1, -0.05) is 18.6 Å². The van der Waals surface area contributed by atoms with Gasteiger partial charge in [0.1, 0.15) is 0 Å². The first-order valence-electron chi connectivity index (χ1n) is 9.00. The van der Waals surface area contributed by atoms with Crippen molar-refractivity contribution in [3.63, 3.8) is 0 Å². The van der Waals surface area contributed by atoms with Crippen molar-refractivity contribution in [1.82, 2.24) is 10.2 Å². The van der Waals surface area contributed by atoms with Crippen molar-refractivity contribution in [2.45, 2.75) is 57.4 Å². The highest BCUT2D eigenvalue weighted by Gasteiger charge is 2.25. The molecule has 1 aliphatic heterocycles. The molecule has 1 unspecified atom stereocenters. The number of hydrogen-bond acceptors (Lipinski definition) is 2. The molecule has 2 nitrogen and oxygen atoms in total. The van der Waals surface area contributed by atoms with Crippen molar-refractivity contribution < 1.29 is 0 Å². The fraction of sp³-hybridized carbons (Fsp3) is 0.684. The Hall–Kier alpha value is -0.280. The molecular weight excluding hydrogens is 327 g/mol. The maximum Gasteiger partial charge on any atom is 0.0326 e. The van der Waals surface area contributed by atoms with Crippen LogP contribution in [0.15, 0.2) is 12.1 Å². The van der Waals surface area contributed by atoms with Crippen molar-refractivity contribution >= 4 is 24.8 Å². The molecule has 130 valence electrons. The summed E-state index contributed by atoms with van der Waals surface area (Å²) in [6.07, 6.45) is 10.8.